The van der Waals surface area contributed by atoms with Crippen molar-refractivity contribution in [3.8, 4) is 0 Å². The van der Waals surface area contributed by atoms with Crippen LogP contribution in [0, 0.1) is 0 Å². The number of aryl methyl sites for hydroxylation is 1. The molecular weight excluding hydrogens is 352 g/mol. The standard InChI is InChI=1S/C15H22N4O3S.ClH/c1-3-10-8-12(19-6-4-5-7-19)13(23(2,21)22)9-11(10)14(20)18-15(16)17;/h8-9H,3-7H2,1-2H3,(H4,16,17,18,20);1H. The predicted molar refractivity (Wildman–Crippen MR) is 97.8 cm³/mol. The molecule has 0 unspecified atom stereocenters. The molecule has 0 aliphatic carbocycles. The summed E-state index contributed by atoms with van der Waals surface area (Å²) in [6.07, 6.45) is 3.77. The summed E-state index contributed by atoms with van der Waals surface area (Å²) in [7, 11) is -3.49. The Kier molecular flexibility index (Phi) is 6.62. The van der Waals surface area contributed by atoms with Gasteiger partial charge in [0, 0.05) is 24.9 Å². The molecule has 1 heterocycles. The molecule has 1 aromatic rings. The second-order valence-electron chi connectivity index (χ2n) is 5.64. The largest absolute Gasteiger partial charge is 0.370 e. The van der Waals surface area contributed by atoms with Gasteiger partial charge in [-0.2, -0.15) is 4.99 Å². The first-order valence-corrected chi connectivity index (χ1v) is 9.39. The van der Waals surface area contributed by atoms with Gasteiger partial charge in [0.05, 0.1) is 10.6 Å². The molecule has 0 radical (unpaired) electrons. The average Bonchev–Trinajstić information content (AvgIpc) is 2.98. The molecule has 1 amide bonds. The monoisotopic (exact) mass is 374 g/mol. The normalized spacial score (nSPS) is 14.2. The fraction of sp³-hybridized carbons (Fsp3) is 0.467. The van der Waals surface area contributed by atoms with Gasteiger partial charge in [0.15, 0.2) is 15.8 Å². The van der Waals surface area contributed by atoms with Crippen LogP contribution in [-0.2, 0) is 16.3 Å². The predicted octanol–water partition coefficient (Wildman–Crippen LogP) is 1.09. The molecule has 0 atom stereocenters. The van der Waals surface area contributed by atoms with Gasteiger partial charge in [-0.15, -0.1) is 12.4 Å². The molecule has 1 fully saturated rings. The van der Waals surface area contributed by atoms with Crippen LogP contribution in [-0.4, -0.2) is 39.6 Å². The van der Waals surface area contributed by atoms with Gasteiger partial charge in [-0.25, -0.2) is 8.42 Å². The lowest BCUT2D eigenvalue weighted by atomic mass is 10.0. The van der Waals surface area contributed by atoms with Gasteiger partial charge < -0.3 is 16.4 Å². The zero-order valence-corrected chi connectivity index (χ0v) is 15.4. The van der Waals surface area contributed by atoms with Crippen LogP contribution < -0.4 is 16.4 Å². The first kappa shape index (κ1) is 20.2. The molecule has 0 aromatic heterocycles. The van der Waals surface area contributed by atoms with Crippen LogP contribution in [0.2, 0.25) is 0 Å². The van der Waals surface area contributed by atoms with E-state index in [9.17, 15) is 13.2 Å². The van der Waals surface area contributed by atoms with Crippen molar-refractivity contribution in [2.45, 2.75) is 31.1 Å². The minimum Gasteiger partial charge on any atom is -0.370 e. The van der Waals surface area contributed by atoms with Crippen LogP contribution in [0.5, 0.6) is 0 Å². The molecule has 1 aliphatic heterocycles. The molecule has 9 heteroatoms. The number of anilines is 1. The Morgan fingerprint density at radius 3 is 2.29 bits per heavy atom. The van der Waals surface area contributed by atoms with E-state index in [0.29, 0.717) is 12.1 Å². The molecule has 1 aliphatic rings. The molecule has 134 valence electrons. The number of sulfone groups is 1. The quantitative estimate of drug-likeness (QED) is 0.601. The molecule has 0 saturated carbocycles. The van der Waals surface area contributed by atoms with Gasteiger partial charge in [-0.1, -0.05) is 6.92 Å². The number of carbonyl (C=O) groups excluding carboxylic acids is 1. The highest BCUT2D eigenvalue weighted by atomic mass is 35.5. The third-order valence-corrected chi connectivity index (χ3v) is 5.00. The Labute approximate surface area is 148 Å². The molecule has 1 aromatic carbocycles. The molecule has 0 spiro atoms. The number of nitrogens with two attached hydrogens (primary N) is 2. The summed E-state index contributed by atoms with van der Waals surface area (Å²) >= 11 is 0. The van der Waals surface area contributed by atoms with Gasteiger partial charge >= 0.3 is 0 Å². The van der Waals surface area contributed by atoms with Crippen molar-refractivity contribution >= 4 is 39.8 Å². The number of hydrogen-bond donors (Lipinski definition) is 2. The van der Waals surface area contributed by atoms with Gasteiger partial charge in [-0.05, 0) is 37.0 Å². The van der Waals surface area contributed by atoms with Crippen LogP contribution in [0.1, 0.15) is 35.7 Å². The zero-order valence-electron chi connectivity index (χ0n) is 13.8. The van der Waals surface area contributed by atoms with Crippen molar-refractivity contribution in [2.75, 3.05) is 24.2 Å². The Morgan fingerprint density at radius 2 is 1.83 bits per heavy atom. The molecule has 24 heavy (non-hydrogen) atoms. The Balaban J connectivity index is 0.00000288. The third kappa shape index (κ3) is 4.39. The molecular formula is C15H23ClN4O3S. The van der Waals surface area contributed by atoms with E-state index in [0.717, 1.165) is 37.8 Å². The number of hydrogen-bond acceptors (Lipinski definition) is 4. The number of nitrogens with zero attached hydrogens (tertiary/aromatic N) is 2. The Hall–Kier alpha value is -1.80. The second-order valence-corrected chi connectivity index (χ2v) is 7.62. The van der Waals surface area contributed by atoms with Crippen LogP contribution >= 0.6 is 12.4 Å². The Morgan fingerprint density at radius 1 is 1.25 bits per heavy atom. The number of guanidine groups is 1. The number of aliphatic imine (C=N–C) groups is 1. The third-order valence-electron chi connectivity index (χ3n) is 3.87. The molecule has 0 bridgehead atoms. The summed E-state index contributed by atoms with van der Waals surface area (Å²) in [5.41, 5.74) is 12.1. The summed E-state index contributed by atoms with van der Waals surface area (Å²) in [6.45, 7) is 3.52. The van der Waals surface area contributed by atoms with Gasteiger partial charge in [0.25, 0.3) is 5.91 Å². The van der Waals surface area contributed by atoms with Crippen molar-refractivity contribution in [2.24, 2.45) is 16.5 Å². The highest BCUT2D eigenvalue weighted by Gasteiger charge is 2.24. The fourth-order valence-electron chi connectivity index (χ4n) is 2.78. The van der Waals surface area contributed by atoms with Gasteiger partial charge in [0.2, 0.25) is 0 Å². The lowest BCUT2D eigenvalue weighted by molar-refractivity contribution is 0.100. The van der Waals surface area contributed by atoms with E-state index < -0.39 is 15.7 Å². The van der Waals surface area contributed by atoms with Gasteiger partial charge in [-0.3, -0.25) is 4.79 Å². The van der Waals surface area contributed by atoms with Gasteiger partial charge in [0.1, 0.15) is 0 Å². The smallest absolute Gasteiger partial charge is 0.280 e. The minimum atomic E-state index is -3.49. The van der Waals surface area contributed by atoms with E-state index in [1.54, 1.807) is 6.07 Å². The number of carbonyl (C=O) groups is 1. The summed E-state index contributed by atoms with van der Waals surface area (Å²) in [4.78, 5) is 17.9. The van der Waals surface area contributed by atoms with Crippen LogP contribution in [0.3, 0.4) is 0 Å². The highest BCUT2D eigenvalue weighted by molar-refractivity contribution is 7.90. The van der Waals surface area contributed by atoms with Crippen molar-refractivity contribution < 1.29 is 13.2 Å². The van der Waals surface area contributed by atoms with Crippen LogP contribution in [0.25, 0.3) is 0 Å². The first-order valence-electron chi connectivity index (χ1n) is 7.50. The van der Waals surface area contributed by atoms with Crippen molar-refractivity contribution in [1.29, 1.82) is 0 Å². The summed E-state index contributed by atoms with van der Waals surface area (Å²) in [6, 6.07) is 3.17. The zero-order chi connectivity index (χ0) is 17.2. The molecule has 1 saturated heterocycles. The van der Waals surface area contributed by atoms with Crippen LogP contribution in [0.15, 0.2) is 22.0 Å². The van der Waals surface area contributed by atoms with Crippen molar-refractivity contribution in [1.82, 2.24) is 0 Å². The molecule has 2 rings (SSSR count). The lowest BCUT2D eigenvalue weighted by Crippen LogP contribution is -2.25. The highest BCUT2D eigenvalue weighted by Crippen LogP contribution is 2.32. The SMILES string of the molecule is CCc1cc(N2CCCC2)c(S(C)(=O)=O)cc1C(=O)N=C(N)N.Cl. The van der Waals surface area contributed by atoms with E-state index in [1.807, 2.05) is 11.8 Å². The maximum Gasteiger partial charge on any atom is 0.280 e. The summed E-state index contributed by atoms with van der Waals surface area (Å²) < 4.78 is 24.4. The molecule has 7 nitrogen and oxygen atoms in total. The summed E-state index contributed by atoms with van der Waals surface area (Å²) in [5.74, 6) is -0.971. The number of halogens is 1. The van der Waals surface area contributed by atoms with Crippen molar-refractivity contribution in [3.63, 3.8) is 0 Å². The molecule has 4 N–H and O–H groups in total. The number of amides is 1. The topological polar surface area (TPSA) is 119 Å². The van der Waals surface area contributed by atoms with E-state index in [-0.39, 0.29) is 28.8 Å². The maximum atomic E-state index is 12.2. The summed E-state index contributed by atoms with van der Waals surface area (Å²) in [5, 5.41) is 0. The minimum absolute atomic E-state index is 0. The van der Waals surface area contributed by atoms with Crippen molar-refractivity contribution in [3.05, 3.63) is 23.3 Å². The lowest BCUT2D eigenvalue weighted by Gasteiger charge is -2.22. The number of rotatable bonds is 4. The second kappa shape index (κ2) is 7.85. The van der Waals surface area contributed by atoms with Crippen LogP contribution in [0.4, 0.5) is 5.69 Å². The Bertz CT molecular complexity index is 752. The van der Waals surface area contributed by atoms with E-state index in [4.69, 9.17) is 11.5 Å². The maximum absolute atomic E-state index is 12.2. The first-order chi connectivity index (χ1) is 10.7. The van der Waals surface area contributed by atoms with E-state index in [1.165, 1.54) is 6.07 Å². The fourth-order valence-corrected chi connectivity index (χ4v) is 3.68. The van der Waals surface area contributed by atoms with E-state index in [2.05, 4.69) is 4.99 Å². The average molecular weight is 375 g/mol. The van der Waals surface area contributed by atoms with E-state index >= 15 is 0 Å². The number of benzene rings is 1.